The van der Waals surface area contributed by atoms with Crippen molar-refractivity contribution in [1.29, 1.82) is 0 Å². The van der Waals surface area contributed by atoms with Crippen molar-refractivity contribution in [2.45, 2.75) is 54.0 Å². The van der Waals surface area contributed by atoms with Gasteiger partial charge in [-0.2, -0.15) is 0 Å². The van der Waals surface area contributed by atoms with E-state index in [9.17, 15) is 9.18 Å². The zero-order valence-corrected chi connectivity index (χ0v) is 17.5. The molecule has 0 aliphatic rings. The Balaban J connectivity index is 2.82. The van der Waals surface area contributed by atoms with Crippen LogP contribution in [0.15, 0.2) is 47.1 Å². The zero-order valence-electron chi connectivity index (χ0n) is 17.5. The molecule has 1 aromatic rings. The largest absolute Gasteiger partial charge is 0.436 e. The summed E-state index contributed by atoms with van der Waals surface area (Å²) in [7, 11) is 0. The number of halogens is 1. The third-order valence-electron chi connectivity index (χ3n) is 3.86. The van der Waals surface area contributed by atoms with E-state index in [0.29, 0.717) is 6.54 Å². The molecule has 0 unspecified atom stereocenters. The van der Waals surface area contributed by atoms with Crippen molar-refractivity contribution in [1.82, 2.24) is 5.32 Å². The number of carbonyl (C=O) groups is 1. The molecule has 3 N–H and O–H groups in total. The minimum atomic E-state index is -0.572. The van der Waals surface area contributed by atoms with E-state index in [0.717, 1.165) is 24.9 Å². The molecule has 5 nitrogen and oxygen atoms in total. The van der Waals surface area contributed by atoms with Crippen LogP contribution in [-0.2, 0) is 11.3 Å². The maximum atomic E-state index is 14.4. The fourth-order valence-corrected chi connectivity index (χ4v) is 2.09. The summed E-state index contributed by atoms with van der Waals surface area (Å²) in [5.41, 5.74) is 6.57. The lowest BCUT2D eigenvalue weighted by Crippen LogP contribution is -2.20. The smallest absolute Gasteiger partial charge is 0.245 e. The number of nitrogens with zero attached hydrogens (tertiary/aromatic N) is 1. The van der Waals surface area contributed by atoms with E-state index in [1.54, 1.807) is 19.1 Å². The Hall–Kier alpha value is -2.47. The van der Waals surface area contributed by atoms with E-state index < -0.39 is 11.7 Å². The van der Waals surface area contributed by atoms with Crippen LogP contribution in [0.5, 0.6) is 5.75 Å². The van der Waals surface area contributed by atoms with Crippen LogP contribution in [0.1, 0.15) is 53.0 Å². The van der Waals surface area contributed by atoms with Crippen LogP contribution in [0, 0.1) is 11.2 Å². The van der Waals surface area contributed by atoms with E-state index in [-0.39, 0.29) is 22.6 Å². The molecule has 154 valence electrons. The number of benzene rings is 1. The number of aliphatic imine (C=N–C) groups is 1. The summed E-state index contributed by atoms with van der Waals surface area (Å²) < 4.78 is 20.0. The Bertz CT molecular complexity index is 747. The molecular formula is C22H32FN3O2. The monoisotopic (exact) mass is 389 g/mol. The summed E-state index contributed by atoms with van der Waals surface area (Å²) in [5.74, 6) is -0.791. The van der Waals surface area contributed by atoms with Crippen molar-refractivity contribution in [3.8, 4) is 5.75 Å². The number of allylic oxidation sites excluding steroid dienone is 1. The molecule has 0 aliphatic carbocycles. The van der Waals surface area contributed by atoms with E-state index in [2.05, 4.69) is 31.1 Å². The van der Waals surface area contributed by atoms with Crippen molar-refractivity contribution >= 4 is 11.8 Å². The van der Waals surface area contributed by atoms with Gasteiger partial charge < -0.3 is 15.8 Å². The Labute approximate surface area is 167 Å². The van der Waals surface area contributed by atoms with Gasteiger partial charge >= 0.3 is 0 Å². The second-order valence-electron chi connectivity index (χ2n) is 7.81. The highest BCUT2D eigenvalue weighted by Gasteiger charge is 2.10. The van der Waals surface area contributed by atoms with E-state index in [1.165, 1.54) is 12.3 Å². The molecular weight excluding hydrogens is 357 g/mol. The Morgan fingerprint density at radius 2 is 2.07 bits per heavy atom. The van der Waals surface area contributed by atoms with Crippen LogP contribution in [0.4, 0.5) is 4.39 Å². The molecule has 28 heavy (non-hydrogen) atoms. The highest BCUT2D eigenvalue weighted by molar-refractivity contribution is 5.93. The van der Waals surface area contributed by atoms with E-state index >= 15 is 0 Å². The molecule has 0 fully saturated rings. The number of hydrogen-bond donors (Lipinski definition) is 2. The number of rotatable bonds is 9. The maximum Gasteiger partial charge on any atom is 0.245 e. The molecule has 0 saturated heterocycles. The SMILES string of the molecule is CC/C=C/C(=N/C=C(\C)C(N)=O)Oc1ccc(CNCCC(C)(C)C)cc1F. The standard InChI is InChI=1S/C22H32FN3O2/c1-6-7-8-20(26-14-16(2)21(24)27)28-19-10-9-17(13-18(19)23)15-25-12-11-22(3,4)5/h7-10,13-14,25H,6,11-12,15H2,1-5H3,(H2,24,27)/b8-7+,16-14+,26-20-. The normalized spacial score (nSPS) is 13.2. The molecule has 6 heteroatoms. The number of primary amides is 1. The maximum absolute atomic E-state index is 14.4. The van der Waals surface area contributed by atoms with Gasteiger partial charge in [-0.1, -0.05) is 39.8 Å². The molecule has 0 heterocycles. The van der Waals surface area contributed by atoms with Crippen molar-refractivity contribution in [3.63, 3.8) is 0 Å². The van der Waals surface area contributed by atoms with Gasteiger partial charge in [-0.3, -0.25) is 4.79 Å². The summed E-state index contributed by atoms with van der Waals surface area (Å²) in [6.07, 6.45) is 6.58. The quantitative estimate of drug-likeness (QED) is 0.283. The summed E-state index contributed by atoms with van der Waals surface area (Å²) in [6, 6.07) is 4.84. The summed E-state index contributed by atoms with van der Waals surface area (Å²) in [4.78, 5) is 15.2. The molecule has 0 aromatic heterocycles. The average molecular weight is 390 g/mol. The first-order chi connectivity index (χ1) is 13.1. The molecule has 0 spiro atoms. The van der Waals surface area contributed by atoms with Gasteiger partial charge in [0.15, 0.2) is 11.6 Å². The van der Waals surface area contributed by atoms with Gasteiger partial charge in [0.25, 0.3) is 0 Å². The molecule has 1 rings (SSSR count). The topological polar surface area (TPSA) is 76.7 Å². The Kier molecular flexibility index (Phi) is 9.59. The first-order valence-electron chi connectivity index (χ1n) is 9.50. The lowest BCUT2D eigenvalue weighted by atomic mass is 9.92. The molecule has 0 saturated carbocycles. The van der Waals surface area contributed by atoms with Crippen LogP contribution in [-0.4, -0.2) is 18.3 Å². The highest BCUT2D eigenvalue weighted by Crippen LogP contribution is 2.20. The summed E-state index contributed by atoms with van der Waals surface area (Å²) in [5, 5.41) is 3.32. The Morgan fingerprint density at radius 1 is 1.36 bits per heavy atom. The van der Waals surface area contributed by atoms with Gasteiger partial charge in [-0.25, -0.2) is 9.38 Å². The molecule has 0 radical (unpaired) electrons. The second-order valence-corrected chi connectivity index (χ2v) is 7.81. The molecule has 1 aromatic carbocycles. The first kappa shape index (κ1) is 23.6. The number of hydrogen-bond acceptors (Lipinski definition) is 4. The minimum absolute atomic E-state index is 0.0723. The average Bonchev–Trinajstić information content (AvgIpc) is 2.61. The molecule has 0 atom stereocenters. The van der Waals surface area contributed by atoms with Crippen LogP contribution in [0.25, 0.3) is 0 Å². The third-order valence-corrected chi connectivity index (χ3v) is 3.86. The Morgan fingerprint density at radius 3 is 2.64 bits per heavy atom. The highest BCUT2D eigenvalue weighted by atomic mass is 19.1. The van der Waals surface area contributed by atoms with Gasteiger partial charge in [-0.15, -0.1) is 0 Å². The molecule has 0 aliphatic heterocycles. The zero-order chi connectivity index (χ0) is 21.2. The molecule has 1 amide bonds. The van der Waals surface area contributed by atoms with E-state index in [4.69, 9.17) is 10.5 Å². The lowest BCUT2D eigenvalue weighted by Gasteiger charge is -2.18. The number of carbonyl (C=O) groups excluding carboxylic acids is 1. The van der Waals surface area contributed by atoms with Crippen molar-refractivity contribution in [2.75, 3.05) is 6.54 Å². The van der Waals surface area contributed by atoms with Crippen LogP contribution < -0.4 is 15.8 Å². The number of ether oxygens (including phenoxy) is 1. The predicted octanol–water partition coefficient (Wildman–Crippen LogP) is 4.48. The summed E-state index contributed by atoms with van der Waals surface area (Å²) >= 11 is 0. The second kappa shape index (κ2) is 11.4. The van der Waals surface area contributed by atoms with Gasteiger partial charge in [0.2, 0.25) is 11.8 Å². The molecule has 0 bridgehead atoms. The third kappa shape index (κ3) is 9.46. The van der Waals surface area contributed by atoms with Crippen molar-refractivity contribution in [2.24, 2.45) is 16.1 Å². The number of nitrogens with one attached hydrogen (secondary N) is 1. The summed E-state index contributed by atoms with van der Waals surface area (Å²) in [6.45, 7) is 11.5. The first-order valence-corrected chi connectivity index (χ1v) is 9.50. The minimum Gasteiger partial charge on any atom is -0.436 e. The van der Waals surface area contributed by atoms with Crippen LogP contribution in [0.2, 0.25) is 0 Å². The van der Waals surface area contributed by atoms with E-state index in [1.807, 2.05) is 19.1 Å². The number of nitrogens with two attached hydrogens (primary N) is 1. The van der Waals surface area contributed by atoms with Gasteiger partial charge in [-0.05, 0) is 55.5 Å². The fourth-order valence-electron chi connectivity index (χ4n) is 2.09. The van der Waals surface area contributed by atoms with Crippen LogP contribution in [0.3, 0.4) is 0 Å². The lowest BCUT2D eigenvalue weighted by molar-refractivity contribution is -0.114. The van der Waals surface area contributed by atoms with Gasteiger partial charge in [0.05, 0.1) is 0 Å². The fraction of sp³-hybridized carbons (Fsp3) is 0.455. The van der Waals surface area contributed by atoms with Crippen LogP contribution >= 0.6 is 0 Å². The van der Waals surface area contributed by atoms with Gasteiger partial charge in [0, 0.05) is 18.3 Å². The number of amides is 1. The van der Waals surface area contributed by atoms with Crippen molar-refractivity contribution in [3.05, 3.63) is 53.5 Å². The van der Waals surface area contributed by atoms with Crippen molar-refractivity contribution < 1.29 is 13.9 Å². The van der Waals surface area contributed by atoms with Gasteiger partial charge in [0.1, 0.15) is 0 Å². The predicted molar refractivity (Wildman–Crippen MR) is 113 cm³/mol.